The molecule has 7 heteroatoms. The number of nitrogens with one attached hydrogen (secondary N) is 2. The molecule has 0 unspecified atom stereocenters. The first-order valence-corrected chi connectivity index (χ1v) is 10.4. The van der Waals surface area contributed by atoms with Crippen LogP contribution in [-0.4, -0.2) is 15.4 Å². The number of carbonyl (C=O) groups excluding carboxylic acids is 1. The summed E-state index contributed by atoms with van der Waals surface area (Å²) in [6.07, 6.45) is 2.71. The fourth-order valence-electron chi connectivity index (χ4n) is 3.24. The monoisotopic (exact) mass is 428 g/mol. The molecule has 2 aromatic heterocycles. The zero-order valence-electron chi connectivity index (χ0n) is 18.0. The maximum absolute atomic E-state index is 12.3. The number of carbonyl (C=O) groups is 1. The van der Waals surface area contributed by atoms with Gasteiger partial charge in [-0.25, -0.2) is 9.78 Å². The first kappa shape index (κ1) is 21.1. The van der Waals surface area contributed by atoms with Crippen LogP contribution in [-0.2, 0) is 13.0 Å². The Labute approximate surface area is 185 Å². The van der Waals surface area contributed by atoms with Crippen LogP contribution in [0.15, 0.2) is 77.7 Å². The van der Waals surface area contributed by atoms with Gasteiger partial charge >= 0.3 is 6.03 Å². The van der Waals surface area contributed by atoms with Gasteiger partial charge in [-0.05, 0) is 66.9 Å². The lowest BCUT2D eigenvalue weighted by atomic mass is 10.1. The highest BCUT2D eigenvalue weighted by atomic mass is 16.5. The summed E-state index contributed by atoms with van der Waals surface area (Å²) in [5, 5.41) is 5.60. The van der Waals surface area contributed by atoms with Crippen LogP contribution in [0.4, 0.5) is 16.2 Å². The quantitative estimate of drug-likeness (QED) is 0.463. The molecule has 162 valence electrons. The second-order valence-electron chi connectivity index (χ2n) is 7.46. The molecule has 2 amide bonds. The molecule has 0 atom stereocenters. The Balaban J connectivity index is 1.34. The lowest BCUT2D eigenvalue weighted by Gasteiger charge is -2.10. The number of aromatic nitrogens is 2. The molecule has 0 bridgehead atoms. The van der Waals surface area contributed by atoms with Gasteiger partial charge in [-0.1, -0.05) is 25.1 Å². The molecular weight excluding hydrogens is 404 g/mol. The Bertz CT molecular complexity index is 1300. The number of ether oxygens (including phenoxy) is 1. The molecule has 2 heterocycles. The highest BCUT2D eigenvalue weighted by Crippen LogP contribution is 2.17. The van der Waals surface area contributed by atoms with Gasteiger partial charge in [0, 0.05) is 23.6 Å². The zero-order chi connectivity index (χ0) is 22.5. The van der Waals surface area contributed by atoms with Crippen molar-refractivity contribution >= 4 is 23.1 Å². The molecule has 0 spiro atoms. The summed E-state index contributed by atoms with van der Waals surface area (Å²) in [4.78, 5) is 29.0. The lowest BCUT2D eigenvalue weighted by molar-refractivity contribution is 0.262. The number of anilines is 2. The van der Waals surface area contributed by atoms with Crippen molar-refractivity contribution in [1.82, 2.24) is 9.38 Å². The first-order chi connectivity index (χ1) is 15.5. The van der Waals surface area contributed by atoms with E-state index >= 15 is 0 Å². The second kappa shape index (κ2) is 9.34. The van der Waals surface area contributed by atoms with Crippen LogP contribution < -0.4 is 20.9 Å². The van der Waals surface area contributed by atoms with Crippen molar-refractivity contribution in [2.24, 2.45) is 0 Å². The van der Waals surface area contributed by atoms with E-state index in [4.69, 9.17) is 4.74 Å². The van der Waals surface area contributed by atoms with Gasteiger partial charge in [0.25, 0.3) is 5.56 Å². The summed E-state index contributed by atoms with van der Waals surface area (Å²) in [5.74, 6) is 0.608. The number of amides is 2. The highest BCUT2D eigenvalue weighted by molar-refractivity contribution is 5.99. The summed E-state index contributed by atoms with van der Waals surface area (Å²) in [7, 11) is 0. The first-order valence-electron chi connectivity index (χ1n) is 10.4. The molecule has 4 rings (SSSR count). The molecule has 2 aromatic carbocycles. The molecule has 2 N–H and O–H groups in total. The molecule has 0 aliphatic rings. The smallest absolute Gasteiger partial charge is 0.323 e. The summed E-state index contributed by atoms with van der Waals surface area (Å²) in [6.45, 7) is 4.18. The predicted molar refractivity (Wildman–Crippen MR) is 125 cm³/mol. The molecule has 0 aliphatic heterocycles. The van der Waals surface area contributed by atoms with Crippen molar-refractivity contribution in [2.45, 2.75) is 26.9 Å². The zero-order valence-corrected chi connectivity index (χ0v) is 18.0. The van der Waals surface area contributed by atoms with Crippen molar-refractivity contribution in [2.75, 3.05) is 10.6 Å². The third-order valence-corrected chi connectivity index (χ3v) is 4.98. The Morgan fingerprint density at radius 1 is 0.969 bits per heavy atom. The largest absolute Gasteiger partial charge is 0.487 e. The van der Waals surface area contributed by atoms with Crippen LogP contribution in [0.3, 0.4) is 0 Å². The van der Waals surface area contributed by atoms with E-state index in [0.717, 1.165) is 17.7 Å². The fraction of sp³-hybridized carbons (Fsp3) is 0.160. The second-order valence-corrected chi connectivity index (χ2v) is 7.46. The minimum Gasteiger partial charge on any atom is -0.487 e. The maximum Gasteiger partial charge on any atom is 0.323 e. The number of hydrogen-bond acceptors (Lipinski definition) is 4. The summed E-state index contributed by atoms with van der Waals surface area (Å²) in [5.41, 5.74) is 4.55. The average Bonchev–Trinajstić information content (AvgIpc) is 2.79. The van der Waals surface area contributed by atoms with Gasteiger partial charge in [-0.2, -0.15) is 0 Å². The molecule has 7 nitrogen and oxygen atoms in total. The number of rotatable bonds is 6. The van der Waals surface area contributed by atoms with Crippen LogP contribution in [0.5, 0.6) is 5.75 Å². The van der Waals surface area contributed by atoms with Gasteiger partial charge in [0.15, 0.2) is 0 Å². The molecule has 0 saturated carbocycles. The molecule has 0 radical (unpaired) electrons. The number of benzene rings is 2. The van der Waals surface area contributed by atoms with Gasteiger partial charge in [-0.15, -0.1) is 0 Å². The number of pyridine rings is 1. The Hall–Kier alpha value is -4.13. The normalized spacial score (nSPS) is 10.7. The van der Waals surface area contributed by atoms with Gasteiger partial charge < -0.3 is 15.4 Å². The number of urea groups is 1. The number of fused-ring (bicyclic) bond motifs is 1. The predicted octanol–water partition coefficient (Wildman–Crippen LogP) is 4.79. The van der Waals surface area contributed by atoms with E-state index in [1.807, 2.05) is 43.3 Å². The minimum absolute atomic E-state index is 0.146. The maximum atomic E-state index is 12.3. The standard InChI is InChI=1S/C25H24N4O3/c1-3-18-5-7-19(8-6-18)27-25(31)28-20-9-11-22(12-10-20)32-16-21-14-24(30)29-15-17(2)4-13-23(29)26-21/h4-15H,3,16H2,1-2H3,(H2,27,28,31). The number of hydrogen-bond donors (Lipinski definition) is 2. The van der Waals surface area contributed by atoms with Crippen molar-refractivity contribution in [3.63, 3.8) is 0 Å². The van der Waals surface area contributed by atoms with E-state index in [1.54, 1.807) is 30.5 Å². The van der Waals surface area contributed by atoms with Crippen LogP contribution >= 0.6 is 0 Å². The Morgan fingerprint density at radius 2 is 1.62 bits per heavy atom. The minimum atomic E-state index is -0.320. The molecule has 32 heavy (non-hydrogen) atoms. The van der Waals surface area contributed by atoms with Crippen molar-refractivity contribution in [3.05, 3.63) is 100 Å². The Morgan fingerprint density at radius 3 is 2.28 bits per heavy atom. The van der Waals surface area contributed by atoms with E-state index in [-0.39, 0.29) is 18.2 Å². The van der Waals surface area contributed by atoms with Crippen molar-refractivity contribution in [3.8, 4) is 5.75 Å². The van der Waals surface area contributed by atoms with Crippen molar-refractivity contribution in [1.29, 1.82) is 0 Å². The van der Waals surface area contributed by atoms with E-state index in [0.29, 0.717) is 22.8 Å². The molecule has 4 aromatic rings. The third-order valence-electron chi connectivity index (χ3n) is 4.98. The summed E-state index contributed by atoms with van der Waals surface area (Å²) in [6, 6.07) is 19.6. The van der Waals surface area contributed by atoms with E-state index < -0.39 is 0 Å². The third kappa shape index (κ3) is 5.13. The average molecular weight is 428 g/mol. The topological polar surface area (TPSA) is 84.7 Å². The van der Waals surface area contributed by atoms with E-state index in [2.05, 4.69) is 22.5 Å². The summed E-state index contributed by atoms with van der Waals surface area (Å²) < 4.78 is 7.27. The van der Waals surface area contributed by atoms with Crippen LogP contribution in [0.2, 0.25) is 0 Å². The van der Waals surface area contributed by atoms with Gasteiger partial charge in [-0.3, -0.25) is 9.20 Å². The van der Waals surface area contributed by atoms with Gasteiger partial charge in [0.1, 0.15) is 18.0 Å². The molecule has 0 saturated heterocycles. The number of nitrogens with zero attached hydrogens (tertiary/aromatic N) is 2. The molecule has 0 fully saturated rings. The van der Waals surface area contributed by atoms with E-state index in [9.17, 15) is 9.59 Å². The summed E-state index contributed by atoms with van der Waals surface area (Å²) >= 11 is 0. The number of aryl methyl sites for hydroxylation is 2. The van der Waals surface area contributed by atoms with Crippen LogP contribution in [0.25, 0.3) is 5.65 Å². The van der Waals surface area contributed by atoms with Crippen molar-refractivity contribution < 1.29 is 9.53 Å². The van der Waals surface area contributed by atoms with Gasteiger partial charge in [0.05, 0.1) is 5.69 Å². The SMILES string of the molecule is CCc1ccc(NC(=O)Nc2ccc(OCc3cc(=O)n4cc(C)ccc4n3)cc2)cc1. The lowest BCUT2D eigenvalue weighted by Crippen LogP contribution is -2.19. The van der Waals surface area contributed by atoms with E-state index in [1.165, 1.54) is 16.0 Å². The fourth-order valence-corrected chi connectivity index (χ4v) is 3.24. The Kier molecular flexibility index (Phi) is 6.17. The van der Waals surface area contributed by atoms with Crippen LogP contribution in [0.1, 0.15) is 23.7 Å². The molecule has 0 aliphatic carbocycles. The highest BCUT2D eigenvalue weighted by Gasteiger charge is 2.06. The van der Waals surface area contributed by atoms with Crippen LogP contribution in [0, 0.1) is 6.92 Å². The van der Waals surface area contributed by atoms with Gasteiger partial charge in [0.2, 0.25) is 0 Å². The molecular formula is C25H24N4O3.